The van der Waals surface area contributed by atoms with Crippen LogP contribution in [0.2, 0.25) is 5.02 Å². The number of carbonyl (C=O) groups excluding carboxylic acids is 4. The second kappa shape index (κ2) is 38.5. The maximum Gasteiger partial charge on any atom is 0.276 e. The van der Waals surface area contributed by atoms with Crippen molar-refractivity contribution < 1.29 is 23.6 Å². The predicted molar refractivity (Wildman–Crippen MR) is 446 cm³/mol. The fraction of sp³-hybridized carbons (Fsp3) is 0.227. The maximum absolute atomic E-state index is 12.9. The molecule has 24 nitrogen and oxygen atoms in total. The summed E-state index contributed by atoms with van der Waals surface area (Å²) in [5, 5.41) is 12.3. The monoisotopic (exact) mass is 1550 g/mol. The molecule has 0 atom stereocenters. The average Bonchev–Trinajstić information content (AvgIpc) is 1.75. The number of hydrogen-bond acceptors (Lipinski definition) is 12. The van der Waals surface area contributed by atoms with E-state index in [0.717, 1.165) is 49.9 Å². The predicted octanol–water partition coefficient (Wildman–Crippen LogP) is 13.3. The molecule has 4 N–H and O–H groups in total. The quantitative estimate of drug-likeness (QED) is 0.0440. The first kappa shape index (κ1) is 81.6. The SMILES string of the molecule is C.C.Cc1ccc(CNC(=O)CCn2c(=O)c3cccn3c3cccnc32)cc1.Cc1ccccc1CNC(=O)CCCn1c(=O)c2cccn2c2cccnc21.O=C(CCCn1c(=O)c2cccn2c2cccnc21)NCCc1ccccc1Cl.O=C(CCCn1c(=O)c2cccn2c2cccnc21)NCc1ccc(F)cc1. The lowest BCUT2D eigenvalue weighted by Gasteiger charge is -2.12. The molecule has 26 heteroatoms. The highest BCUT2D eigenvalue weighted by molar-refractivity contribution is 6.31. The number of aryl methyl sites for hydroxylation is 6. The molecule has 0 aliphatic heterocycles. The number of hydrogen-bond donors (Lipinski definition) is 4. The van der Waals surface area contributed by atoms with E-state index in [1.54, 1.807) is 79.5 Å². The van der Waals surface area contributed by atoms with Crippen molar-refractivity contribution in [2.75, 3.05) is 6.54 Å². The van der Waals surface area contributed by atoms with E-state index in [2.05, 4.69) is 41.2 Å². The van der Waals surface area contributed by atoms with E-state index in [4.69, 9.17) is 11.6 Å². The number of rotatable bonds is 24. The Hall–Kier alpha value is -13.4. The fourth-order valence-electron chi connectivity index (χ4n) is 13.5. The van der Waals surface area contributed by atoms with Gasteiger partial charge in [0.2, 0.25) is 23.6 Å². The maximum atomic E-state index is 12.9. The van der Waals surface area contributed by atoms with Gasteiger partial charge in [0.05, 0.1) is 22.1 Å². The van der Waals surface area contributed by atoms with E-state index >= 15 is 0 Å². The third-order valence-corrected chi connectivity index (χ3v) is 19.7. The van der Waals surface area contributed by atoms with Gasteiger partial charge in [0.15, 0.2) is 22.6 Å². The molecule has 0 aliphatic rings. The molecule has 16 aromatic rings. The Morgan fingerprint density at radius 1 is 0.360 bits per heavy atom. The van der Waals surface area contributed by atoms with Crippen LogP contribution in [0.25, 0.3) is 66.7 Å². The van der Waals surface area contributed by atoms with Crippen LogP contribution in [0, 0.1) is 19.7 Å². The smallest absolute Gasteiger partial charge is 0.276 e. The molecule has 0 aliphatic carbocycles. The number of pyridine rings is 4. The third kappa shape index (κ3) is 19.3. The van der Waals surface area contributed by atoms with E-state index in [0.29, 0.717) is 134 Å². The molecule has 12 heterocycles. The summed E-state index contributed by atoms with van der Waals surface area (Å²) >= 11 is 6.13. The van der Waals surface area contributed by atoms with Crippen molar-refractivity contribution in [1.82, 2.24) is 77.1 Å². The molecule has 0 saturated carbocycles. The summed E-state index contributed by atoms with van der Waals surface area (Å²) in [5.41, 5.74) is 14.2. The molecule has 4 amide bonds. The van der Waals surface area contributed by atoms with Crippen molar-refractivity contribution in [3.8, 4) is 0 Å². The van der Waals surface area contributed by atoms with Gasteiger partial charge in [-0.05, 0) is 183 Å². The van der Waals surface area contributed by atoms with Crippen molar-refractivity contribution in [3.05, 3.63) is 329 Å². The molecule has 584 valence electrons. The number of halogens is 2. The van der Waals surface area contributed by atoms with Crippen molar-refractivity contribution >= 4 is 102 Å². The Labute approximate surface area is 660 Å². The van der Waals surface area contributed by atoms with Crippen LogP contribution in [0.3, 0.4) is 0 Å². The highest BCUT2D eigenvalue weighted by Gasteiger charge is 2.18. The fourth-order valence-corrected chi connectivity index (χ4v) is 13.7. The minimum Gasteiger partial charge on any atom is -0.356 e. The van der Waals surface area contributed by atoms with E-state index in [-0.39, 0.29) is 85.9 Å². The minimum atomic E-state index is -0.304. The van der Waals surface area contributed by atoms with Gasteiger partial charge in [-0.2, -0.15) is 0 Å². The zero-order valence-electron chi connectivity index (χ0n) is 61.8. The zero-order chi connectivity index (χ0) is 78.0. The van der Waals surface area contributed by atoms with Crippen molar-refractivity contribution in [2.45, 2.75) is 126 Å². The molecule has 0 spiro atoms. The van der Waals surface area contributed by atoms with Gasteiger partial charge >= 0.3 is 0 Å². The topological polar surface area (TPSA) is 274 Å². The van der Waals surface area contributed by atoms with Gasteiger partial charge in [0.1, 0.15) is 27.9 Å². The Balaban J connectivity index is 0.000000149. The second-order valence-corrected chi connectivity index (χ2v) is 27.3. The van der Waals surface area contributed by atoms with Crippen LogP contribution in [0.5, 0.6) is 0 Å². The first-order valence-electron chi connectivity index (χ1n) is 37.0. The summed E-state index contributed by atoms with van der Waals surface area (Å²) in [4.78, 5) is 118. The number of carbonyl (C=O) groups is 4. The normalized spacial score (nSPS) is 11.0. The van der Waals surface area contributed by atoms with Gasteiger partial charge < -0.3 is 38.9 Å². The van der Waals surface area contributed by atoms with Crippen LogP contribution >= 0.6 is 11.6 Å². The molecule has 0 fully saturated rings. The second-order valence-electron chi connectivity index (χ2n) is 26.9. The molecule has 0 radical (unpaired) electrons. The molecular formula is C88H90ClFN16O8. The van der Waals surface area contributed by atoms with Crippen LogP contribution in [0.1, 0.15) is 93.2 Å². The van der Waals surface area contributed by atoms with E-state index < -0.39 is 0 Å². The minimum absolute atomic E-state index is 0. The Morgan fingerprint density at radius 3 is 1.09 bits per heavy atom. The Bertz CT molecular complexity index is 6340. The molecule has 0 unspecified atom stereocenters. The molecule has 16 rings (SSSR count). The highest BCUT2D eigenvalue weighted by Crippen LogP contribution is 2.20. The summed E-state index contributed by atoms with van der Waals surface area (Å²) < 4.78 is 26.8. The van der Waals surface area contributed by atoms with Crippen molar-refractivity contribution in [2.24, 2.45) is 0 Å². The molecule has 12 aromatic heterocycles. The van der Waals surface area contributed by atoms with Gasteiger partial charge in [-0.25, -0.2) is 24.3 Å². The van der Waals surface area contributed by atoms with Gasteiger partial charge in [-0.15, -0.1) is 0 Å². The molecule has 0 saturated heterocycles. The largest absolute Gasteiger partial charge is 0.356 e. The lowest BCUT2D eigenvalue weighted by molar-refractivity contribution is -0.122. The van der Waals surface area contributed by atoms with E-state index in [9.17, 15) is 42.7 Å². The number of fused-ring (bicyclic) bond motifs is 12. The zero-order valence-corrected chi connectivity index (χ0v) is 62.6. The molecule has 4 aromatic carbocycles. The summed E-state index contributed by atoms with van der Waals surface area (Å²) in [6.07, 6.45) is 17.6. The van der Waals surface area contributed by atoms with Crippen LogP contribution in [0.15, 0.2) is 263 Å². The molecule has 114 heavy (non-hydrogen) atoms. The van der Waals surface area contributed by atoms with Crippen LogP contribution in [-0.2, 0) is 71.4 Å². The summed E-state index contributed by atoms with van der Waals surface area (Å²) in [6, 6.07) is 59.3. The first-order chi connectivity index (χ1) is 54.6. The first-order valence-corrected chi connectivity index (χ1v) is 37.4. The summed E-state index contributed by atoms with van der Waals surface area (Å²) in [7, 11) is 0. The van der Waals surface area contributed by atoms with Gasteiger partial charge in [0.25, 0.3) is 22.2 Å². The number of nitrogens with one attached hydrogen (secondary N) is 4. The number of amides is 4. The third-order valence-electron chi connectivity index (χ3n) is 19.3. The van der Waals surface area contributed by atoms with Gasteiger partial charge in [-0.1, -0.05) is 111 Å². The van der Waals surface area contributed by atoms with Crippen molar-refractivity contribution in [3.63, 3.8) is 0 Å². The number of nitrogens with zero attached hydrogens (tertiary/aromatic N) is 12. The lowest BCUT2D eigenvalue weighted by Crippen LogP contribution is -2.28. The molecular weight excluding hydrogens is 1460 g/mol. The van der Waals surface area contributed by atoms with Gasteiger partial charge in [-0.3, -0.25) is 56.6 Å². The molecule has 0 bridgehead atoms. The number of benzene rings is 4. The summed E-state index contributed by atoms with van der Waals surface area (Å²) in [6.45, 7) is 7.51. The Kier molecular flexibility index (Phi) is 27.5. The lowest BCUT2D eigenvalue weighted by atomic mass is 10.1. The van der Waals surface area contributed by atoms with E-state index in [1.807, 2.05) is 202 Å². The van der Waals surface area contributed by atoms with E-state index in [1.165, 1.54) is 17.7 Å². The van der Waals surface area contributed by atoms with Gasteiger partial charge in [0, 0.05) is 133 Å². The highest BCUT2D eigenvalue weighted by atomic mass is 35.5. The summed E-state index contributed by atoms with van der Waals surface area (Å²) in [5.74, 6) is -0.565. The van der Waals surface area contributed by atoms with Crippen LogP contribution < -0.4 is 43.5 Å². The van der Waals surface area contributed by atoms with Crippen molar-refractivity contribution in [1.29, 1.82) is 0 Å². The van der Waals surface area contributed by atoms with Crippen LogP contribution in [0.4, 0.5) is 4.39 Å². The average molecular weight is 1550 g/mol. The number of aromatic nitrogens is 12. The standard InChI is InChI=1S/C22H21ClN4O2.C22H22N4O2.C21H19FN4O2.C21H20N4O2.2CH4/c23-17-7-2-1-6-16(17)11-13-24-20(28)10-5-15-27-21-18(8-3-12-25-21)26-14-4-9-19(26)22(27)29;1-16-7-2-3-8-17(16)15-24-20(27)11-6-14-26-21-18(9-4-12-23-21)25-13-5-10-19(25)22(26)28;22-16-9-7-15(8-10-16)14-24-19(27)6-3-13-26-20-17(4-1-11-23-20)25-12-2-5-18(25)21(26)28;1-15-6-8-16(9-7-15)14-23-19(26)10-13-25-20-17(4-2-11-22-20)24-12-3-5-18(24)21(25)27;;/h1-4,6-9,12,14H,5,10-11,13,15H2,(H,24,28);2-5,7-10,12-13H,6,11,14-15H2,1H3,(H,24,27);1-2,4-5,7-12H,3,6,13-14H2,(H,24,27);2-9,11-12H,10,13-14H2,1H3,(H,23,26);2*1H4. The van der Waals surface area contributed by atoms with Crippen LogP contribution in [-0.4, -0.2) is 86.0 Å². The Morgan fingerprint density at radius 2 is 0.693 bits per heavy atom.